The minimum absolute atomic E-state index is 0.591. The molecule has 1 rings (SSSR count). The zero-order valence-electron chi connectivity index (χ0n) is 18.7. The molecule has 2 N–H and O–H groups in total. The van der Waals surface area contributed by atoms with Gasteiger partial charge in [-0.3, -0.25) is 4.79 Å². The predicted octanol–water partition coefficient (Wildman–Crippen LogP) is 6.73. The first-order valence-electron chi connectivity index (χ1n) is 10.8. The lowest BCUT2D eigenvalue weighted by atomic mass is 9.92. The van der Waals surface area contributed by atoms with Gasteiger partial charge in [0.05, 0.1) is 0 Å². The van der Waals surface area contributed by atoms with E-state index in [-0.39, 0.29) is 0 Å². The summed E-state index contributed by atoms with van der Waals surface area (Å²) in [5, 5.41) is 12.7. The smallest absolute Gasteiger partial charge is 0.324 e. The van der Waals surface area contributed by atoms with Crippen molar-refractivity contribution in [2.24, 2.45) is 0 Å². The summed E-state index contributed by atoms with van der Waals surface area (Å²) in [5.41, 5.74) is 4.88. The molecule has 28 heavy (non-hydrogen) atoms. The Balaban J connectivity index is 2.33. The van der Waals surface area contributed by atoms with Crippen LogP contribution in [0.2, 0.25) is 0 Å². The van der Waals surface area contributed by atoms with Gasteiger partial charge in [0.1, 0.15) is 5.54 Å². The lowest BCUT2D eigenvalue weighted by Crippen LogP contribution is -2.47. The Morgan fingerprint density at radius 1 is 0.857 bits per heavy atom. The summed E-state index contributed by atoms with van der Waals surface area (Å²) >= 11 is 0. The summed E-state index contributed by atoms with van der Waals surface area (Å²) < 4.78 is 0. The second kappa shape index (κ2) is 12.8. The van der Waals surface area contributed by atoms with Crippen molar-refractivity contribution in [2.75, 3.05) is 6.54 Å². The molecule has 0 unspecified atom stereocenters. The van der Waals surface area contributed by atoms with Crippen molar-refractivity contribution in [3.8, 4) is 0 Å². The maximum atomic E-state index is 11.6. The van der Waals surface area contributed by atoms with Crippen molar-refractivity contribution < 1.29 is 9.90 Å². The third-order valence-electron chi connectivity index (χ3n) is 5.61. The zero-order chi connectivity index (χ0) is 21.0. The molecule has 0 aromatic heterocycles. The number of rotatable bonds is 12. The first kappa shape index (κ1) is 24.4. The molecule has 0 spiro atoms. The van der Waals surface area contributed by atoms with Crippen molar-refractivity contribution in [3.05, 3.63) is 46.6 Å². The topological polar surface area (TPSA) is 49.3 Å². The van der Waals surface area contributed by atoms with Crippen LogP contribution >= 0.6 is 0 Å². The van der Waals surface area contributed by atoms with E-state index in [1.54, 1.807) is 0 Å². The number of aliphatic carboxylic acids is 1. The monoisotopic (exact) mass is 387 g/mol. The van der Waals surface area contributed by atoms with Crippen molar-refractivity contribution in [1.82, 2.24) is 5.32 Å². The van der Waals surface area contributed by atoms with Gasteiger partial charge in [-0.05, 0) is 99.0 Å². The van der Waals surface area contributed by atoms with E-state index in [9.17, 15) is 9.90 Å². The maximum absolute atomic E-state index is 11.6. The minimum atomic E-state index is -0.733. The van der Waals surface area contributed by atoms with Crippen molar-refractivity contribution >= 4 is 5.97 Å². The second-order valence-corrected chi connectivity index (χ2v) is 8.67. The molecule has 3 nitrogen and oxygen atoms in total. The van der Waals surface area contributed by atoms with Gasteiger partial charge in [0.15, 0.2) is 0 Å². The number of carbonyl (C=O) groups is 1. The van der Waals surface area contributed by atoms with E-state index in [1.807, 2.05) is 0 Å². The number of nitrogens with one attached hydrogen (secondary N) is 1. The fraction of sp³-hybridized carbons (Fsp3) is 0.640. The Morgan fingerprint density at radius 3 is 1.79 bits per heavy atom. The van der Waals surface area contributed by atoms with Crippen LogP contribution in [0.15, 0.2) is 46.6 Å². The lowest BCUT2D eigenvalue weighted by molar-refractivity contribution is -0.144. The molecule has 0 saturated carbocycles. The number of hydrogen-bond acceptors (Lipinski definition) is 2. The molecule has 1 saturated heterocycles. The molecule has 0 aromatic carbocycles. The quantitative estimate of drug-likeness (QED) is 0.365. The van der Waals surface area contributed by atoms with Crippen LogP contribution in [0.3, 0.4) is 0 Å². The molecule has 1 heterocycles. The van der Waals surface area contributed by atoms with Crippen LogP contribution < -0.4 is 5.32 Å². The Morgan fingerprint density at radius 2 is 1.36 bits per heavy atom. The highest BCUT2D eigenvalue weighted by molar-refractivity contribution is 5.79. The standard InChI is InChI=1S/C25H41NO2/c1-20(2)10-6-11-21(3)12-7-13-22(4)14-8-15-23(5)16-18-25(24(27)28)17-9-19-26-25/h10,12,14,16,26H,6-9,11,13,15,17-19H2,1-5H3,(H,27,28)/b21-12+,22-14+,23-16+/t25-/m1/s1. The molecule has 1 aliphatic rings. The highest BCUT2D eigenvalue weighted by atomic mass is 16.4. The number of carboxylic acid groups (broad SMARTS) is 1. The van der Waals surface area contributed by atoms with Gasteiger partial charge in [-0.2, -0.15) is 0 Å². The van der Waals surface area contributed by atoms with Crippen LogP contribution in [-0.4, -0.2) is 23.2 Å². The molecule has 3 heteroatoms. The highest BCUT2D eigenvalue weighted by Crippen LogP contribution is 2.25. The summed E-state index contributed by atoms with van der Waals surface area (Å²) in [7, 11) is 0. The van der Waals surface area contributed by atoms with E-state index >= 15 is 0 Å². The van der Waals surface area contributed by atoms with Crippen molar-refractivity contribution in [2.45, 2.75) is 97.9 Å². The summed E-state index contributed by atoms with van der Waals surface area (Å²) in [4.78, 5) is 11.6. The number of hydrogen-bond donors (Lipinski definition) is 2. The van der Waals surface area contributed by atoms with Crippen LogP contribution in [-0.2, 0) is 4.79 Å². The molecule has 0 amide bonds. The SMILES string of the molecule is CC(C)=CCC/C(C)=C/CC/C(C)=C/CC/C(C)=C/C[C@@]1(C(=O)O)CCCN1. The van der Waals surface area contributed by atoms with Gasteiger partial charge < -0.3 is 10.4 Å². The molecule has 0 aliphatic carbocycles. The molecule has 1 fully saturated rings. The van der Waals surface area contributed by atoms with E-state index in [0.29, 0.717) is 6.42 Å². The normalized spacial score (nSPS) is 21.1. The predicted molar refractivity (Wildman–Crippen MR) is 121 cm³/mol. The van der Waals surface area contributed by atoms with E-state index in [4.69, 9.17) is 0 Å². The van der Waals surface area contributed by atoms with Crippen LogP contribution in [0.1, 0.15) is 92.4 Å². The van der Waals surface area contributed by atoms with Gasteiger partial charge in [0, 0.05) is 0 Å². The average Bonchev–Trinajstić information content (AvgIpc) is 3.10. The third kappa shape index (κ3) is 9.54. The van der Waals surface area contributed by atoms with Gasteiger partial charge in [-0.1, -0.05) is 46.6 Å². The molecule has 0 aromatic rings. The summed E-state index contributed by atoms with van der Waals surface area (Å²) in [6, 6.07) is 0. The van der Waals surface area contributed by atoms with Crippen LogP contribution in [0.5, 0.6) is 0 Å². The Labute approximate surface area is 172 Å². The largest absolute Gasteiger partial charge is 0.480 e. The first-order chi connectivity index (χ1) is 13.2. The number of carboxylic acids is 1. The van der Waals surface area contributed by atoms with Crippen molar-refractivity contribution in [3.63, 3.8) is 0 Å². The Bertz CT molecular complexity index is 612. The fourth-order valence-corrected chi connectivity index (χ4v) is 3.59. The average molecular weight is 388 g/mol. The van der Waals surface area contributed by atoms with E-state index < -0.39 is 11.5 Å². The zero-order valence-corrected chi connectivity index (χ0v) is 18.7. The Kier molecular flexibility index (Phi) is 11.1. The molecule has 0 radical (unpaired) electrons. The van der Waals surface area contributed by atoms with Crippen LogP contribution in [0, 0.1) is 0 Å². The van der Waals surface area contributed by atoms with Gasteiger partial charge in [0.25, 0.3) is 0 Å². The third-order valence-corrected chi connectivity index (χ3v) is 5.61. The van der Waals surface area contributed by atoms with Gasteiger partial charge in [-0.15, -0.1) is 0 Å². The minimum Gasteiger partial charge on any atom is -0.480 e. The summed E-state index contributed by atoms with van der Waals surface area (Å²) in [6.07, 6.45) is 18.0. The summed E-state index contributed by atoms with van der Waals surface area (Å²) in [6.45, 7) is 11.7. The highest BCUT2D eigenvalue weighted by Gasteiger charge is 2.39. The Hall–Kier alpha value is -1.61. The second-order valence-electron chi connectivity index (χ2n) is 8.67. The van der Waals surface area contributed by atoms with Gasteiger partial charge in [-0.25, -0.2) is 0 Å². The van der Waals surface area contributed by atoms with E-state index in [1.165, 1.54) is 22.3 Å². The molecular formula is C25H41NO2. The van der Waals surface area contributed by atoms with E-state index in [0.717, 1.165) is 57.9 Å². The number of allylic oxidation sites excluding steroid dienone is 7. The summed E-state index contributed by atoms with van der Waals surface area (Å²) in [5.74, 6) is -0.714. The molecule has 1 atom stereocenters. The van der Waals surface area contributed by atoms with Gasteiger partial charge >= 0.3 is 5.97 Å². The first-order valence-corrected chi connectivity index (χ1v) is 10.8. The van der Waals surface area contributed by atoms with Gasteiger partial charge in [0.2, 0.25) is 0 Å². The maximum Gasteiger partial charge on any atom is 0.324 e. The van der Waals surface area contributed by atoms with Crippen LogP contribution in [0.4, 0.5) is 0 Å². The molecule has 158 valence electrons. The lowest BCUT2D eigenvalue weighted by Gasteiger charge is -2.23. The van der Waals surface area contributed by atoms with Crippen molar-refractivity contribution in [1.29, 1.82) is 0 Å². The fourth-order valence-electron chi connectivity index (χ4n) is 3.59. The van der Waals surface area contributed by atoms with E-state index in [2.05, 4.69) is 64.2 Å². The van der Waals surface area contributed by atoms with Crippen LogP contribution in [0.25, 0.3) is 0 Å². The molecule has 0 bridgehead atoms. The molecular weight excluding hydrogens is 346 g/mol. The molecule has 1 aliphatic heterocycles.